The fraction of sp³-hybridized carbons (Fsp3) is 0.667. The quantitative estimate of drug-likeness (QED) is 0.345. The Labute approximate surface area is 164 Å². The Bertz CT molecular complexity index is 453. The molecular weight excluding hydrogens is 413 g/mol. The summed E-state index contributed by atoms with van der Waals surface area (Å²) in [5.74, 6) is 2.59. The number of nitrogens with zero attached hydrogens (tertiary/aromatic N) is 3. The second kappa shape index (κ2) is 13.3. The third-order valence-electron chi connectivity index (χ3n) is 4.29. The van der Waals surface area contributed by atoms with Crippen LogP contribution in [0, 0.1) is 5.92 Å². The zero-order valence-electron chi connectivity index (χ0n) is 15.8. The van der Waals surface area contributed by atoms with Gasteiger partial charge in [0.1, 0.15) is 5.82 Å². The van der Waals surface area contributed by atoms with Crippen LogP contribution in [-0.2, 0) is 6.54 Å². The Kier molecular flexibility index (Phi) is 12.7. The summed E-state index contributed by atoms with van der Waals surface area (Å²) in [7, 11) is 1.81. The predicted octanol–water partition coefficient (Wildman–Crippen LogP) is 3.65. The molecule has 138 valence electrons. The van der Waals surface area contributed by atoms with Crippen LogP contribution < -0.4 is 15.5 Å². The van der Waals surface area contributed by atoms with Gasteiger partial charge in [0.2, 0.25) is 0 Å². The lowest BCUT2D eigenvalue weighted by Gasteiger charge is -2.20. The minimum absolute atomic E-state index is 0. The van der Waals surface area contributed by atoms with Gasteiger partial charge in [-0.3, -0.25) is 4.99 Å². The molecule has 0 fully saturated rings. The Morgan fingerprint density at radius 1 is 1.12 bits per heavy atom. The summed E-state index contributed by atoms with van der Waals surface area (Å²) in [5.41, 5.74) is 1.16. The van der Waals surface area contributed by atoms with E-state index in [1.165, 1.54) is 12.8 Å². The van der Waals surface area contributed by atoms with Gasteiger partial charge in [0.15, 0.2) is 5.96 Å². The minimum Gasteiger partial charge on any atom is -0.357 e. The molecule has 0 amide bonds. The monoisotopic (exact) mass is 447 g/mol. The van der Waals surface area contributed by atoms with E-state index in [1.54, 1.807) is 0 Å². The summed E-state index contributed by atoms with van der Waals surface area (Å²) < 4.78 is 0. The number of anilines is 1. The molecule has 0 aliphatic carbocycles. The van der Waals surface area contributed by atoms with Crippen molar-refractivity contribution in [1.82, 2.24) is 15.6 Å². The average Bonchev–Trinajstić information content (AvgIpc) is 2.60. The van der Waals surface area contributed by atoms with Crippen molar-refractivity contribution in [2.45, 2.75) is 47.1 Å². The van der Waals surface area contributed by atoms with E-state index < -0.39 is 0 Å². The highest BCUT2D eigenvalue weighted by molar-refractivity contribution is 14.0. The molecule has 5 nitrogen and oxygen atoms in total. The van der Waals surface area contributed by atoms with Crippen LogP contribution in [0.5, 0.6) is 0 Å². The first-order chi connectivity index (χ1) is 11.2. The number of rotatable bonds is 9. The molecule has 0 bridgehead atoms. The Morgan fingerprint density at radius 3 is 2.25 bits per heavy atom. The molecule has 1 heterocycles. The molecule has 1 rings (SSSR count). The van der Waals surface area contributed by atoms with Crippen molar-refractivity contribution < 1.29 is 0 Å². The molecule has 0 saturated heterocycles. The topological polar surface area (TPSA) is 52.6 Å². The molecular formula is C18H34IN5. The number of pyridine rings is 1. The van der Waals surface area contributed by atoms with Gasteiger partial charge < -0.3 is 15.5 Å². The third-order valence-corrected chi connectivity index (χ3v) is 4.29. The summed E-state index contributed by atoms with van der Waals surface area (Å²) >= 11 is 0. The van der Waals surface area contributed by atoms with Gasteiger partial charge in [-0.15, -0.1) is 24.0 Å². The maximum Gasteiger partial charge on any atom is 0.191 e. The van der Waals surface area contributed by atoms with Crippen LogP contribution in [0.2, 0.25) is 0 Å². The van der Waals surface area contributed by atoms with E-state index >= 15 is 0 Å². The fourth-order valence-electron chi connectivity index (χ4n) is 2.48. The number of guanidine groups is 1. The summed E-state index contributed by atoms with van der Waals surface area (Å²) in [6.45, 7) is 12.4. The van der Waals surface area contributed by atoms with Gasteiger partial charge in [-0.2, -0.15) is 0 Å². The maximum absolute atomic E-state index is 4.55. The van der Waals surface area contributed by atoms with E-state index in [0.717, 1.165) is 43.5 Å². The van der Waals surface area contributed by atoms with E-state index in [0.29, 0.717) is 5.92 Å². The van der Waals surface area contributed by atoms with Crippen LogP contribution in [0.1, 0.15) is 46.1 Å². The number of hydrogen-bond donors (Lipinski definition) is 2. The van der Waals surface area contributed by atoms with Gasteiger partial charge >= 0.3 is 0 Å². The first kappa shape index (κ1) is 22.9. The molecule has 0 aliphatic heterocycles. The highest BCUT2D eigenvalue weighted by Crippen LogP contribution is 2.10. The lowest BCUT2D eigenvalue weighted by Crippen LogP contribution is -2.39. The van der Waals surface area contributed by atoms with Crippen molar-refractivity contribution in [2.24, 2.45) is 10.9 Å². The zero-order valence-corrected chi connectivity index (χ0v) is 18.1. The predicted molar refractivity (Wildman–Crippen MR) is 115 cm³/mol. The van der Waals surface area contributed by atoms with Crippen molar-refractivity contribution in [3.05, 3.63) is 23.9 Å². The smallest absolute Gasteiger partial charge is 0.191 e. The van der Waals surface area contributed by atoms with Gasteiger partial charge in [-0.1, -0.05) is 32.8 Å². The summed E-state index contributed by atoms with van der Waals surface area (Å²) in [5, 5.41) is 6.75. The van der Waals surface area contributed by atoms with Crippen molar-refractivity contribution in [3.63, 3.8) is 0 Å². The number of aromatic nitrogens is 1. The Morgan fingerprint density at radius 2 is 1.79 bits per heavy atom. The van der Waals surface area contributed by atoms with Gasteiger partial charge in [0.05, 0.1) is 0 Å². The molecule has 0 unspecified atom stereocenters. The van der Waals surface area contributed by atoms with Crippen LogP contribution >= 0.6 is 24.0 Å². The highest BCUT2D eigenvalue weighted by Gasteiger charge is 2.06. The molecule has 0 saturated carbocycles. The van der Waals surface area contributed by atoms with Crippen molar-refractivity contribution >= 4 is 35.8 Å². The van der Waals surface area contributed by atoms with Crippen molar-refractivity contribution in [3.8, 4) is 0 Å². The molecule has 2 N–H and O–H groups in total. The van der Waals surface area contributed by atoms with E-state index in [2.05, 4.69) is 65.3 Å². The molecule has 0 radical (unpaired) electrons. The highest BCUT2D eigenvalue weighted by atomic mass is 127. The molecule has 1 aromatic heterocycles. The van der Waals surface area contributed by atoms with Gasteiger partial charge in [-0.05, 0) is 31.4 Å². The van der Waals surface area contributed by atoms with Gasteiger partial charge in [0, 0.05) is 39.4 Å². The largest absolute Gasteiger partial charge is 0.357 e. The number of aliphatic imine (C=N–C) groups is 1. The molecule has 1 aromatic rings. The van der Waals surface area contributed by atoms with Gasteiger partial charge in [0.25, 0.3) is 0 Å². The SMILES string of the molecule is CCC(CC)CNC(=NC)NCc1ccc(N(CC)CC)nc1.I. The molecule has 0 aliphatic rings. The molecule has 0 spiro atoms. The van der Waals surface area contributed by atoms with Crippen LogP contribution in [-0.4, -0.2) is 37.6 Å². The summed E-state index contributed by atoms with van der Waals surface area (Å²) in [6, 6.07) is 4.21. The van der Waals surface area contributed by atoms with E-state index in [1.807, 2.05) is 13.2 Å². The maximum atomic E-state index is 4.55. The molecule has 6 heteroatoms. The second-order valence-electron chi connectivity index (χ2n) is 5.69. The van der Waals surface area contributed by atoms with E-state index in [4.69, 9.17) is 0 Å². The standard InChI is InChI=1S/C18H33N5.HI/c1-6-15(7-2)12-21-18(19-5)22-14-16-10-11-17(20-13-16)23(8-3)9-4;/h10-11,13,15H,6-9,12,14H2,1-5H3,(H2,19,21,22);1H. The normalized spacial score (nSPS) is 11.2. The molecule has 0 aromatic carbocycles. The second-order valence-corrected chi connectivity index (χ2v) is 5.69. The summed E-state index contributed by atoms with van der Waals surface area (Å²) in [4.78, 5) is 11.1. The third kappa shape index (κ3) is 7.68. The lowest BCUT2D eigenvalue weighted by molar-refractivity contribution is 0.481. The molecule has 24 heavy (non-hydrogen) atoms. The lowest BCUT2D eigenvalue weighted by atomic mass is 10.0. The van der Waals surface area contributed by atoms with Crippen LogP contribution in [0.3, 0.4) is 0 Å². The Hall–Kier alpha value is -1.05. The number of halogens is 1. The minimum atomic E-state index is 0. The first-order valence-electron chi connectivity index (χ1n) is 8.82. The zero-order chi connectivity index (χ0) is 17.1. The average molecular weight is 447 g/mol. The van der Waals surface area contributed by atoms with Crippen LogP contribution in [0.15, 0.2) is 23.3 Å². The Balaban J connectivity index is 0.00000529. The van der Waals surface area contributed by atoms with E-state index in [-0.39, 0.29) is 24.0 Å². The van der Waals surface area contributed by atoms with Crippen molar-refractivity contribution in [2.75, 3.05) is 31.6 Å². The van der Waals surface area contributed by atoms with Crippen molar-refractivity contribution in [1.29, 1.82) is 0 Å². The number of hydrogen-bond acceptors (Lipinski definition) is 3. The fourth-order valence-corrected chi connectivity index (χ4v) is 2.48. The summed E-state index contributed by atoms with van der Waals surface area (Å²) in [6.07, 6.45) is 4.32. The van der Waals surface area contributed by atoms with E-state index in [9.17, 15) is 0 Å². The first-order valence-corrected chi connectivity index (χ1v) is 8.82. The number of nitrogens with one attached hydrogen (secondary N) is 2. The van der Waals surface area contributed by atoms with Gasteiger partial charge in [-0.25, -0.2) is 4.98 Å². The van der Waals surface area contributed by atoms with Crippen LogP contribution in [0.25, 0.3) is 0 Å². The molecule has 0 atom stereocenters. The van der Waals surface area contributed by atoms with Crippen LogP contribution in [0.4, 0.5) is 5.82 Å².